The maximum atomic E-state index is 6.00. The van der Waals surface area contributed by atoms with Crippen LogP contribution in [0.1, 0.15) is 18.0 Å². The quantitative estimate of drug-likeness (QED) is 0.809. The van der Waals surface area contributed by atoms with Gasteiger partial charge in [-0.2, -0.15) is 11.8 Å². The van der Waals surface area contributed by atoms with Crippen LogP contribution in [-0.4, -0.2) is 24.1 Å². The first-order valence-electron chi connectivity index (χ1n) is 4.51. The highest BCUT2D eigenvalue weighted by Gasteiger charge is 2.06. The lowest BCUT2D eigenvalue weighted by Crippen LogP contribution is -2.11. The van der Waals surface area contributed by atoms with Gasteiger partial charge in [-0.25, -0.2) is 0 Å². The van der Waals surface area contributed by atoms with E-state index in [-0.39, 0.29) is 6.04 Å². The summed E-state index contributed by atoms with van der Waals surface area (Å²) in [5.74, 6) is 1.83. The van der Waals surface area contributed by atoms with Gasteiger partial charge in [0.25, 0.3) is 0 Å². The molecule has 0 spiro atoms. The third-order valence-electron chi connectivity index (χ3n) is 2.03. The Morgan fingerprint density at radius 1 is 1.57 bits per heavy atom. The van der Waals surface area contributed by atoms with Crippen LogP contribution in [0.3, 0.4) is 0 Å². The number of nitrogens with zero attached hydrogens (tertiary/aromatic N) is 1. The molecule has 0 amide bonds. The molecule has 1 unspecified atom stereocenters. The van der Waals surface area contributed by atoms with E-state index in [9.17, 15) is 0 Å². The summed E-state index contributed by atoms with van der Waals surface area (Å²) < 4.78 is 5.09. The molecule has 1 rings (SSSR count). The van der Waals surface area contributed by atoms with Gasteiger partial charge in [0.15, 0.2) is 0 Å². The van der Waals surface area contributed by atoms with Gasteiger partial charge >= 0.3 is 0 Å². The van der Waals surface area contributed by atoms with Crippen LogP contribution in [0.25, 0.3) is 0 Å². The first kappa shape index (κ1) is 11.3. The number of methoxy groups -OCH3 is 1. The molecule has 0 aliphatic carbocycles. The zero-order valence-electron chi connectivity index (χ0n) is 8.56. The van der Waals surface area contributed by atoms with Crippen molar-refractivity contribution < 1.29 is 4.74 Å². The normalized spacial score (nSPS) is 12.5. The number of ether oxygens (including phenoxy) is 1. The van der Waals surface area contributed by atoms with E-state index in [4.69, 9.17) is 10.5 Å². The summed E-state index contributed by atoms with van der Waals surface area (Å²) in [5, 5.41) is 0. The summed E-state index contributed by atoms with van der Waals surface area (Å²) in [7, 11) is 1.63. The van der Waals surface area contributed by atoms with E-state index in [1.165, 1.54) is 0 Å². The number of thioether (sulfide) groups is 1. The fourth-order valence-electron chi connectivity index (χ4n) is 1.16. The standard InChI is InChI=1S/C10H16N2OS/c1-13-9-5-8(6-12-7-9)10(11)3-4-14-2/h5-7,10H,3-4,11H2,1-2H3. The second-order valence-corrected chi connectivity index (χ2v) is 4.03. The van der Waals surface area contributed by atoms with Gasteiger partial charge in [-0.3, -0.25) is 4.98 Å². The third kappa shape index (κ3) is 3.20. The number of aromatic nitrogens is 1. The highest BCUT2D eigenvalue weighted by molar-refractivity contribution is 7.98. The van der Waals surface area contributed by atoms with Gasteiger partial charge in [0.1, 0.15) is 5.75 Å². The van der Waals surface area contributed by atoms with Crippen molar-refractivity contribution in [3.05, 3.63) is 24.0 Å². The average molecular weight is 212 g/mol. The molecule has 3 nitrogen and oxygen atoms in total. The van der Waals surface area contributed by atoms with E-state index in [0.717, 1.165) is 23.5 Å². The zero-order valence-corrected chi connectivity index (χ0v) is 9.38. The molecule has 14 heavy (non-hydrogen) atoms. The smallest absolute Gasteiger partial charge is 0.137 e. The van der Waals surface area contributed by atoms with Gasteiger partial charge in [-0.05, 0) is 30.1 Å². The van der Waals surface area contributed by atoms with Crippen LogP contribution in [0.5, 0.6) is 5.75 Å². The molecule has 0 saturated carbocycles. The highest BCUT2D eigenvalue weighted by atomic mass is 32.2. The average Bonchev–Trinajstić information content (AvgIpc) is 2.26. The topological polar surface area (TPSA) is 48.1 Å². The fourth-order valence-corrected chi connectivity index (χ4v) is 1.65. The Morgan fingerprint density at radius 2 is 2.36 bits per heavy atom. The van der Waals surface area contributed by atoms with Crippen LogP contribution in [0.2, 0.25) is 0 Å². The van der Waals surface area contributed by atoms with Crippen LogP contribution in [0.15, 0.2) is 18.5 Å². The molecule has 4 heteroatoms. The Labute approximate surface area is 89.1 Å². The lowest BCUT2D eigenvalue weighted by atomic mass is 10.1. The second-order valence-electron chi connectivity index (χ2n) is 3.05. The Morgan fingerprint density at radius 3 is 3.00 bits per heavy atom. The van der Waals surface area contributed by atoms with Crippen molar-refractivity contribution in [1.29, 1.82) is 0 Å². The molecule has 1 atom stereocenters. The van der Waals surface area contributed by atoms with Gasteiger partial charge in [-0.15, -0.1) is 0 Å². The Kier molecular flexibility index (Phi) is 4.76. The maximum absolute atomic E-state index is 6.00. The van der Waals surface area contributed by atoms with Crippen LogP contribution < -0.4 is 10.5 Å². The van der Waals surface area contributed by atoms with Crippen molar-refractivity contribution in [3.63, 3.8) is 0 Å². The first-order chi connectivity index (χ1) is 6.77. The highest BCUT2D eigenvalue weighted by Crippen LogP contribution is 2.19. The molecule has 1 aromatic rings. The third-order valence-corrected chi connectivity index (χ3v) is 2.68. The minimum atomic E-state index is 0.0602. The summed E-state index contributed by atoms with van der Waals surface area (Å²) in [5.41, 5.74) is 7.04. The van der Waals surface area contributed by atoms with Crippen molar-refractivity contribution >= 4 is 11.8 Å². The lowest BCUT2D eigenvalue weighted by molar-refractivity contribution is 0.411. The van der Waals surface area contributed by atoms with Crippen LogP contribution in [-0.2, 0) is 0 Å². The zero-order chi connectivity index (χ0) is 10.4. The summed E-state index contributed by atoms with van der Waals surface area (Å²) >= 11 is 1.80. The molecule has 0 aliphatic rings. The van der Waals surface area contributed by atoms with Gasteiger partial charge < -0.3 is 10.5 Å². The van der Waals surface area contributed by atoms with Gasteiger partial charge in [0, 0.05) is 12.2 Å². The summed E-state index contributed by atoms with van der Waals surface area (Å²) in [4.78, 5) is 4.07. The molecule has 0 aromatic carbocycles. The molecule has 1 aromatic heterocycles. The van der Waals surface area contributed by atoms with Gasteiger partial charge in [-0.1, -0.05) is 0 Å². The lowest BCUT2D eigenvalue weighted by Gasteiger charge is -2.11. The molecule has 2 N–H and O–H groups in total. The summed E-state index contributed by atoms with van der Waals surface area (Å²) in [6.07, 6.45) is 6.53. The Balaban J connectivity index is 2.64. The van der Waals surface area contributed by atoms with Crippen molar-refractivity contribution in [2.75, 3.05) is 19.1 Å². The molecule has 0 aliphatic heterocycles. The molecule has 0 saturated heterocycles. The van der Waals surface area contributed by atoms with Crippen molar-refractivity contribution in [2.45, 2.75) is 12.5 Å². The molecule has 0 fully saturated rings. The number of pyridine rings is 1. The second kappa shape index (κ2) is 5.88. The summed E-state index contributed by atoms with van der Waals surface area (Å²) in [6, 6.07) is 2.00. The van der Waals surface area contributed by atoms with Crippen LogP contribution in [0.4, 0.5) is 0 Å². The Hall–Kier alpha value is -0.740. The summed E-state index contributed by atoms with van der Waals surface area (Å²) in [6.45, 7) is 0. The van der Waals surface area contributed by atoms with E-state index in [2.05, 4.69) is 11.2 Å². The van der Waals surface area contributed by atoms with Crippen molar-refractivity contribution in [2.24, 2.45) is 5.73 Å². The largest absolute Gasteiger partial charge is 0.495 e. The SMILES string of the molecule is COc1cncc(C(N)CCSC)c1. The fraction of sp³-hybridized carbons (Fsp3) is 0.500. The van der Waals surface area contributed by atoms with E-state index < -0.39 is 0 Å². The predicted octanol–water partition coefficient (Wildman–Crippen LogP) is 1.84. The van der Waals surface area contributed by atoms with E-state index in [0.29, 0.717) is 0 Å². The molecular weight excluding hydrogens is 196 g/mol. The monoisotopic (exact) mass is 212 g/mol. The molecule has 1 heterocycles. The van der Waals surface area contributed by atoms with Gasteiger partial charge in [0.2, 0.25) is 0 Å². The van der Waals surface area contributed by atoms with E-state index in [1.54, 1.807) is 31.3 Å². The molecular formula is C10H16N2OS. The minimum Gasteiger partial charge on any atom is -0.495 e. The molecule has 0 bridgehead atoms. The van der Waals surface area contributed by atoms with Gasteiger partial charge in [0.05, 0.1) is 13.3 Å². The van der Waals surface area contributed by atoms with Crippen LogP contribution in [0, 0.1) is 0 Å². The predicted molar refractivity (Wildman–Crippen MR) is 60.7 cm³/mol. The molecule has 0 radical (unpaired) electrons. The Bertz CT molecular complexity index is 281. The number of rotatable bonds is 5. The van der Waals surface area contributed by atoms with Crippen molar-refractivity contribution in [1.82, 2.24) is 4.98 Å². The first-order valence-corrected chi connectivity index (χ1v) is 5.90. The minimum absolute atomic E-state index is 0.0602. The van der Waals surface area contributed by atoms with Crippen molar-refractivity contribution in [3.8, 4) is 5.75 Å². The maximum Gasteiger partial charge on any atom is 0.137 e. The number of hydrogen-bond donors (Lipinski definition) is 1. The van der Waals surface area contributed by atoms with E-state index >= 15 is 0 Å². The van der Waals surface area contributed by atoms with Crippen LogP contribution >= 0.6 is 11.8 Å². The molecule has 78 valence electrons. The number of nitrogens with two attached hydrogens (primary N) is 1. The van der Waals surface area contributed by atoms with E-state index in [1.807, 2.05) is 6.07 Å². The number of hydrogen-bond acceptors (Lipinski definition) is 4.